The Kier molecular flexibility index (Phi) is 5.05. The van der Waals surface area contributed by atoms with Crippen LogP contribution >= 0.6 is 0 Å². The number of nitrogens with zero attached hydrogens (tertiary/aromatic N) is 3. The highest BCUT2D eigenvalue weighted by Crippen LogP contribution is 2.29. The summed E-state index contributed by atoms with van der Waals surface area (Å²) in [7, 11) is -3.45. The maximum Gasteiger partial charge on any atom is 0.229 e. The zero-order valence-corrected chi connectivity index (χ0v) is 16.5. The van der Waals surface area contributed by atoms with Gasteiger partial charge in [0.1, 0.15) is 0 Å². The number of nitrogens with one attached hydrogen (secondary N) is 1. The molecule has 7 heteroatoms. The minimum atomic E-state index is -3.45. The predicted octanol–water partition coefficient (Wildman–Crippen LogP) is 4.24. The first-order valence-corrected chi connectivity index (χ1v) is 10.8. The summed E-state index contributed by atoms with van der Waals surface area (Å²) in [5, 5.41) is 0. The fourth-order valence-electron chi connectivity index (χ4n) is 2.90. The van der Waals surface area contributed by atoms with Gasteiger partial charge in [0, 0.05) is 16.7 Å². The molecule has 0 unspecified atom stereocenters. The summed E-state index contributed by atoms with van der Waals surface area (Å²) in [5.41, 5.74) is 2.69. The molecule has 0 fully saturated rings. The third kappa shape index (κ3) is 4.47. The van der Waals surface area contributed by atoms with Gasteiger partial charge in [0.25, 0.3) is 0 Å². The van der Waals surface area contributed by atoms with Crippen LogP contribution in [-0.4, -0.2) is 29.6 Å². The van der Waals surface area contributed by atoms with E-state index in [1.54, 1.807) is 18.2 Å². The number of sulfonamides is 1. The Labute approximate surface area is 169 Å². The number of benzene rings is 3. The third-order valence-electron chi connectivity index (χ3n) is 4.16. The Morgan fingerprint density at radius 3 is 1.59 bits per heavy atom. The van der Waals surface area contributed by atoms with Gasteiger partial charge in [-0.1, -0.05) is 72.8 Å². The molecule has 1 heterocycles. The van der Waals surface area contributed by atoms with Crippen LogP contribution in [0.4, 0.5) is 5.69 Å². The first kappa shape index (κ1) is 18.8. The topological polar surface area (TPSA) is 84.8 Å². The van der Waals surface area contributed by atoms with Crippen molar-refractivity contribution in [1.29, 1.82) is 0 Å². The van der Waals surface area contributed by atoms with E-state index >= 15 is 0 Å². The monoisotopic (exact) mass is 402 g/mol. The van der Waals surface area contributed by atoms with Crippen molar-refractivity contribution in [3.05, 3.63) is 84.9 Å². The molecule has 1 N–H and O–H groups in total. The average molecular weight is 402 g/mol. The van der Waals surface area contributed by atoms with E-state index < -0.39 is 10.0 Å². The quantitative estimate of drug-likeness (QED) is 0.540. The SMILES string of the molecule is CS(=O)(=O)Nc1ccccc1-c1nc(-c2ccccc2)nc(-c2ccccc2)n1. The van der Waals surface area contributed by atoms with Crippen molar-refractivity contribution in [1.82, 2.24) is 15.0 Å². The van der Waals surface area contributed by atoms with Gasteiger partial charge >= 0.3 is 0 Å². The molecule has 29 heavy (non-hydrogen) atoms. The van der Waals surface area contributed by atoms with E-state index in [0.717, 1.165) is 17.4 Å². The summed E-state index contributed by atoms with van der Waals surface area (Å²) in [6.07, 6.45) is 1.11. The van der Waals surface area contributed by atoms with E-state index in [-0.39, 0.29) is 0 Å². The van der Waals surface area contributed by atoms with Crippen molar-refractivity contribution in [3.63, 3.8) is 0 Å². The molecule has 6 nitrogen and oxygen atoms in total. The first-order valence-electron chi connectivity index (χ1n) is 8.94. The van der Waals surface area contributed by atoms with Gasteiger partial charge < -0.3 is 0 Å². The summed E-state index contributed by atoms with van der Waals surface area (Å²) in [6.45, 7) is 0. The van der Waals surface area contributed by atoms with Gasteiger partial charge in [0.15, 0.2) is 17.5 Å². The molecule has 4 rings (SSSR count). The molecule has 3 aromatic carbocycles. The molecule has 0 aliphatic heterocycles. The maximum atomic E-state index is 11.8. The standard InChI is InChI=1S/C22H18N4O2S/c1-29(27,28)26-19-15-9-8-14-18(19)22-24-20(16-10-4-2-5-11-16)23-21(25-22)17-12-6-3-7-13-17/h2-15,26H,1H3. The Morgan fingerprint density at radius 1 is 0.621 bits per heavy atom. The largest absolute Gasteiger partial charge is 0.283 e. The minimum absolute atomic E-state index is 0.393. The highest BCUT2D eigenvalue weighted by atomic mass is 32.2. The second-order valence-electron chi connectivity index (χ2n) is 6.46. The molecular weight excluding hydrogens is 384 g/mol. The highest BCUT2D eigenvalue weighted by Gasteiger charge is 2.15. The molecule has 0 atom stereocenters. The summed E-state index contributed by atoms with van der Waals surface area (Å²) in [6, 6.07) is 26.3. The average Bonchev–Trinajstić information content (AvgIpc) is 2.74. The predicted molar refractivity (Wildman–Crippen MR) is 115 cm³/mol. The fourth-order valence-corrected chi connectivity index (χ4v) is 3.47. The van der Waals surface area contributed by atoms with Crippen molar-refractivity contribution in [3.8, 4) is 34.2 Å². The van der Waals surface area contributed by atoms with E-state index in [4.69, 9.17) is 0 Å². The van der Waals surface area contributed by atoms with E-state index in [0.29, 0.717) is 28.7 Å². The van der Waals surface area contributed by atoms with E-state index in [9.17, 15) is 8.42 Å². The van der Waals surface area contributed by atoms with Crippen molar-refractivity contribution in [2.45, 2.75) is 0 Å². The van der Waals surface area contributed by atoms with Crippen LogP contribution in [0.1, 0.15) is 0 Å². The second-order valence-corrected chi connectivity index (χ2v) is 8.21. The van der Waals surface area contributed by atoms with Crippen molar-refractivity contribution >= 4 is 15.7 Å². The van der Waals surface area contributed by atoms with Gasteiger partial charge in [-0.15, -0.1) is 0 Å². The molecule has 0 amide bonds. The van der Waals surface area contributed by atoms with Crippen molar-refractivity contribution in [2.75, 3.05) is 11.0 Å². The summed E-state index contributed by atoms with van der Waals surface area (Å²) in [4.78, 5) is 13.9. The smallest absolute Gasteiger partial charge is 0.229 e. The number of hydrogen-bond acceptors (Lipinski definition) is 5. The van der Waals surface area contributed by atoms with Crippen molar-refractivity contribution < 1.29 is 8.42 Å². The minimum Gasteiger partial charge on any atom is -0.283 e. The van der Waals surface area contributed by atoms with Gasteiger partial charge in [-0.05, 0) is 12.1 Å². The van der Waals surface area contributed by atoms with Gasteiger partial charge in [-0.3, -0.25) is 4.72 Å². The molecule has 144 valence electrons. The van der Waals surface area contributed by atoms with Crippen LogP contribution in [0.3, 0.4) is 0 Å². The van der Waals surface area contributed by atoms with Crippen LogP contribution in [0.25, 0.3) is 34.2 Å². The molecule has 0 aliphatic carbocycles. The third-order valence-corrected chi connectivity index (χ3v) is 4.75. The van der Waals surface area contributed by atoms with Crippen LogP contribution in [0.15, 0.2) is 84.9 Å². The van der Waals surface area contributed by atoms with Crippen LogP contribution in [-0.2, 0) is 10.0 Å². The first-order chi connectivity index (χ1) is 14.0. The highest BCUT2D eigenvalue weighted by molar-refractivity contribution is 7.92. The van der Waals surface area contributed by atoms with Crippen LogP contribution < -0.4 is 4.72 Å². The van der Waals surface area contributed by atoms with E-state index in [1.807, 2.05) is 66.7 Å². The Bertz CT molecular complexity index is 1190. The molecule has 0 saturated carbocycles. The fraction of sp³-hybridized carbons (Fsp3) is 0.0455. The Morgan fingerprint density at radius 2 is 1.07 bits per heavy atom. The number of para-hydroxylation sites is 1. The Balaban J connectivity index is 1.93. The number of aromatic nitrogens is 3. The summed E-state index contributed by atoms with van der Waals surface area (Å²) >= 11 is 0. The number of rotatable bonds is 5. The lowest BCUT2D eigenvalue weighted by Gasteiger charge is -2.12. The Hall–Kier alpha value is -3.58. The molecule has 0 spiro atoms. The zero-order chi connectivity index (χ0) is 20.3. The lowest BCUT2D eigenvalue weighted by Crippen LogP contribution is -2.11. The number of hydrogen-bond donors (Lipinski definition) is 1. The molecular formula is C22H18N4O2S. The lowest BCUT2D eigenvalue weighted by atomic mass is 10.1. The molecule has 0 aliphatic rings. The van der Waals surface area contributed by atoms with Gasteiger partial charge in [0.05, 0.1) is 11.9 Å². The van der Waals surface area contributed by atoms with Gasteiger partial charge in [-0.2, -0.15) is 0 Å². The van der Waals surface area contributed by atoms with E-state index in [1.165, 1.54) is 0 Å². The maximum absolute atomic E-state index is 11.8. The van der Waals surface area contributed by atoms with Crippen LogP contribution in [0.5, 0.6) is 0 Å². The van der Waals surface area contributed by atoms with Crippen molar-refractivity contribution in [2.24, 2.45) is 0 Å². The number of anilines is 1. The van der Waals surface area contributed by atoms with Gasteiger partial charge in [0.2, 0.25) is 10.0 Å². The second kappa shape index (κ2) is 7.81. The van der Waals surface area contributed by atoms with Crippen LogP contribution in [0.2, 0.25) is 0 Å². The summed E-state index contributed by atoms with van der Waals surface area (Å²) in [5.74, 6) is 1.43. The molecule has 0 bridgehead atoms. The molecule has 1 aromatic heterocycles. The molecule has 4 aromatic rings. The molecule has 0 saturated heterocycles. The normalized spacial score (nSPS) is 11.2. The van der Waals surface area contributed by atoms with Crippen LogP contribution in [0, 0.1) is 0 Å². The van der Waals surface area contributed by atoms with Gasteiger partial charge in [-0.25, -0.2) is 23.4 Å². The summed E-state index contributed by atoms with van der Waals surface area (Å²) < 4.78 is 26.1. The zero-order valence-electron chi connectivity index (χ0n) is 15.6. The van der Waals surface area contributed by atoms with E-state index in [2.05, 4.69) is 19.7 Å². The lowest BCUT2D eigenvalue weighted by molar-refractivity contribution is 0.607. The molecule has 0 radical (unpaired) electrons.